The summed E-state index contributed by atoms with van der Waals surface area (Å²) in [5.74, 6) is -1.15. The van der Waals surface area contributed by atoms with Crippen LogP contribution >= 0.6 is 11.6 Å². The first-order valence-electron chi connectivity index (χ1n) is 5.67. The van der Waals surface area contributed by atoms with Crippen LogP contribution in [0.2, 0.25) is 5.02 Å². The molecule has 0 radical (unpaired) electrons. The fourth-order valence-corrected chi connectivity index (χ4v) is 1.91. The van der Waals surface area contributed by atoms with Crippen LogP contribution in [0.25, 0.3) is 0 Å². The van der Waals surface area contributed by atoms with Gasteiger partial charge in [-0.15, -0.1) is 0 Å². The number of benzene rings is 1. The van der Waals surface area contributed by atoms with Crippen molar-refractivity contribution >= 4 is 23.2 Å². The lowest BCUT2D eigenvalue weighted by molar-refractivity contribution is 0.102. The molecule has 0 saturated carbocycles. The first-order chi connectivity index (χ1) is 8.99. The molecule has 0 unspecified atom stereocenters. The predicted molar refractivity (Wildman–Crippen MR) is 73.1 cm³/mol. The molecule has 0 fully saturated rings. The van der Waals surface area contributed by atoms with E-state index >= 15 is 0 Å². The lowest BCUT2D eigenvalue weighted by atomic mass is 10.1. The average molecular weight is 279 g/mol. The molecule has 5 heteroatoms. The van der Waals surface area contributed by atoms with Gasteiger partial charge in [-0.2, -0.15) is 0 Å². The molecule has 1 aromatic carbocycles. The molecule has 1 amide bonds. The first kappa shape index (κ1) is 13.5. The molecular weight excluding hydrogens is 267 g/mol. The Kier molecular flexibility index (Phi) is 3.81. The van der Waals surface area contributed by atoms with Crippen LogP contribution in [0.4, 0.5) is 10.1 Å². The summed E-state index contributed by atoms with van der Waals surface area (Å²) in [6.45, 7) is 3.62. The zero-order chi connectivity index (χ0) is 14.0. The maximum atomic E-state index is 13.6. The van der Waals surface area contributed by atoms with Crippen molar-refractivity contribution in [1.29, 1.82) is 0 Å². The minimum absolute atomic E-state index is 0.0878. The Balaban J connectivity index is 2.34. The van der Waals surface area contributed by atoms with Crippen LogP contribution < -0.4 is 5.32 Å². The van der Waals surface area contributed by atoms with Gasteiger partial charge in [0.2, 0.25) is 0 Å². The molecule has 0 aliphatic heterocycles. The largest absolute Gasteiger partial charge is 0.320 e. The molecule has 0 atom stereocenters. The van der Waals surface area contributed by atoms with Crippen LogP contribution in [0.1, 0.15) is 21.6 Å². The Morgan fingerprint density at radius 1 is 1.32 bits per heavy atom. The van der Waals surface area contributed by atoms with E-state index in [1.54, 1.807) is 19.2 Å². The second-order valence-corrected chi connectivity index (χ2v) is 4.60. The summed E-state index contributed by atoms with van der Waals surface area (Å²) in [5.41, 5.74) is 2.04. The maximum Gasteiger partial charge on any atom is 0.258 e. The number of hydrogen-bond donors (Lipinski definition) is 1. The number of halogens is 2. The quantitative estimate of drug-likeness (QED) is 0.909. The Morgan fingerprint density at radius 3 is 2.74 bits per heavy atom. The summed E-state index contributed by atoms with van der Waals surface area (Å²) in [5, 5.41) is 2.97. The summed E-state index contributed by atoms with van der Waals surface area (Å²) in [7, 11) is 0. The Bertz CT molecular complexity index is 623. The van der Waals surface area contributed by atoms with Crippen LogP contribution in [0.15, 0.2) is 30.5 Å². The molecule has 0 spiro atoms. The number of nitrogens with one attached hydrogen (secondary N) is 1. The van der Waals surface area contributed by atoms with Crippen molar-refractivity contribution in [2.75, 3.05) is 5.32 Å². The van der Waals surface area contributed by atoms with E-state index in [2.05, 4.69) is 10.3 Å². The summed E-state index contributed by atoms with van der Waals surface area (Å²) >= 11 is 5.77. The fourth-order valence-electron chi connectivity index (χ4n) is 1.74. The van der Waals surface area contributed by atoms with Gasteiger partial charge in [-0.05, 0) is 43.7 Å². The van der Waals surface area contributed by atoms with Crippen LogP contribution in [0.5, 0.6) is 0 Å². The number of rotatable bonds is 2. The Labute approximate surface area is 115 Å². The van der Waals surface area contributed by atoms with E-state index in [1.165, 1.54) is 18.2 Å². The molecule has 1 aromatic heterocycles. The van der Waals surface area contributed by atoms with E-state index in [-0.39, 0.29) is 5.56 Å². The second-order valence-electron chi connectivity index (χ2n) is 4.17. The van der Waals surface area contributed by atoms with Gasteiger partial charge in [-0.1, -0.05) is 11.6 Å². The van der Waals surface area contributed by atoms with Gasteiger partial charge >= 0.3 is 0 Å². The molecule has 2 rings (SSSR count). The summed E-state index contributed by atoms with van der Waals surface area (Å²) in [6, 6.07) is 5.64. The van der Waals surface area contributed by atoms with Crippen molar-refractivity contribution < 1.29 is 9.18 Å². The third-order valence-corrected chi connectivity index (χ3v) is 3.00. The van der Waals surface area contributed by atoms with Gasteiger partial charge in [0.15, 0.2) is 0 Å². The molecule has 98 valence electrons. The van der Waals surface area contributed by atoms with E-state index in [0.717, 1.165) is 5.56 Å². The van der Waals surface area contributed by atoms with Crippen molar-refractivity contribution in [1.82, 2.24) is 4.98 Å². The second kappa shape index (κ2) is 5.36. The standard InChI is InChI=1S/C14H12ClFN2O/c1-8-5-6-17-9(2)13(8)18-14(19)11-7-10(15)3-4-12(11)16/h3-7H,1-2H3,(H,18,19). The first-order valence-corrected chi connectivity index (χ1v) is 6.05. The number of carbonyl (C=O) groups is 1. The lowest BCUT2D eigenvalue weighted by Crippen LogP contribution is -2.15. The zero-order valence-electron chi connectivity index (χ0n) is 10.5. The lowest BCUT2D eigenvalue weighted by Gasteiger charge is -2.11. The Hall–Kier alpha value is -1.94. The molecule has 1 heterocycles. The molecule has 0 saturated heterocycles. The fraction of sp³-hybridized carbons (Fsp3) is 0.143. The predicted octanol–water partition coefficient (Wildman–Crippen LogP) is 3.74. The number of aromatic nitrogens is 1. The number of nitrogens with zero attached hydrogens (tertiary/aromatic N) is 1. The average Bonchev–Trinajstić information content (AvgIpc) is 2.37. The molecule has 0 aliphatic carbocycles. The zero-order valence-corrected chi connectivity index (χ0v) is 11.3. The number of hydrogen-bond acceptors (Lipinski definition) is 2. The van der Waals surface area contributed by atoms with Gasteiger partial charge in [-0.25, -0.2) is 4.39 Å². The van der Waals surface area contributed by atoms with E-state index in [1.807, 2.05) is 6.92 Å². The van der Waals surface area contributed by atoms with Crippen LogP contribution in [0, 0.1) is 19.7 Å². The SMILES string of the molecule is Cc1ccnc(C)c1NC(=O)c1cc(Cl)ccc1F. The molecule has 19 heavy (non-hydrogen) atoms. The van der Waals surface area contributed by atoms with Gasteiger partial charge < -0.3 is 5.32 Å². The van der Waals surface area contributed by atoms with Gasteiger partial charge in [-0.3, -0.25) is 9.78 Å². The van der Waals surface area contributed by atoms with Crippen molar-refractivity contribution in [2.24, 2.45) is 0 Å². The third-order valence-electron chi connectivity index (χ3n) is 2.76. The minimum Gasteiger partial charge on any atom is -0.320 e. The highest BCUT2D eigenvalue weighted by atomic mass is 35.5. The number of carbonyl (C=O) groups excluding carboxylic acids is 1. The molecule has 3 nitrogen and oxygen atoms in total. The molecule has 0 aliphatic rings. The number of amides is 1. The van der Waals surface area contributed by atoms with E-state index < -0.39 is 11.7 Å². The summed E-state index contributed by atoms with van der Waals surface area (Å²) < 4.78 is 13.6. The summed E-state index contributed by atoms with van der Waals surface area (Å²) in [6.07, 6.45) is 1.65. The molecule has 0 bridgehead atoms. The van der Waals surface area contributed by atoms with Crippen LogP contribution in [-0.2, 0) is 0 Å². The van der Waals surface area contributed by atoms with Crippen molar-refractivity contribution in [3.8, 4) is 0 Å². The molecule has 2 aromatic rings. The highest BCUT2D eigenvalue weighted by Gasteiger charge is 2.14. The van der Waals surface area contributed by atoms with E-state index in [4.69, 9.17) is 11.6 Å². The van der Waals surface area contributed by atoms with Crippen molar-refractivity contribution in [3.63, 3.8) is 0 Å². The number of aryl methyl sites for hydroxylation is 2. The van der Waals surface area contributed by atoms with Crippen molar-refractivity contribution in [2.45, 2.75) is 13.8 Å². The smallest absolute Gasteiger partial charge is 0.258 e. The van der Waals surface area contributed by atoms with Gasteiger partial charge in [0.05, 0.1) is 16.9 Å². The van der Waals surface area contributed by atoms with Crippen molar-refractivity contribution in [3.05, 3.63) is 58.1 Å². The van der Waals surface area contributed by atoms with Gasteiger partial charge in [0.1, 0.15) is 5.82 Å². The van der Waals surface area contributed by atoms with Crippen LogP contribution in [-0.4, -0.2) is 10.9 Å². The van der Waals surface area contributed by atoms with E-state index in [0.29, 0.717) is 16.4 Å². The maximum absolute atomic E-state index is 13.6. The van der Waals surface area contributed by atoms with Crippen LogP contribution in [0.3, 0.4) is 0 Å². The summed E-state index contributed by atoms with van der Waals surface area (Å²) in [4.78, 5) is 16.1. The van der Waals surface area contributed by atoms with Gasteiger partial charge in [0.25, 0.3) is 5.91 Å². The third kappa shape index (κ3) is 2.90. The van der Waals surface area contributed by atoms with E-state index in [9.17, 15) is 9.18 Å². The number of anilines is 1. The highest BCUT2D eigenvalue weighted by Crippen LogP contribution is 2.20. The topological polar surface area (TPSA) is 42.0 Å². The monoisotopic (exact) mass is 278 g/mol. The normalized spacial score (nSPS) is 10.3. The number of pyridine rings is 1. The molecular formula is C14H12ClFN2O. The molecule has 1 N–H and O–H groups in total. The Morgan fingerprint density at radius 2 is 2.05 bits per heavy atom. The highest BCUT2D eigenvalue weighted by molar-refractivity contribution is 6.31. The van der Waals surface area contributed by atoms with Gasteiger partial charge in [0, 0.05) is 11.2 Å². The minimum atomic E-state index is -0.610.